The van der Waals surface area contributed by atoms with Crippen LogP contribution < -0.4 is 10.2 Å². The molecule has 27 heavy (non-hydrogen) atoms. The molecule has 2 aromatic carbocycles. The maximum absolute atomic E-state index is 12.8. The van der Waals surface area contributed by atoms with Crippen LogP contribution in [0, 0.1) is 6.92 Å². The Morgan fingerprint density at radius 1 is 1.11 bits per heavy atom. The van der Waals surface area contributed by atoms with Gasteiger partial charge in [-0.05, 0) is 50.1 Å². The highest BCUT2D eigenvalue weighted by Gasteiger charge is 2.37. The summed E-state index contributed by atoms with van der Waals surface area (Å²) in [5.41, 5.74) is 2.50. The van der Waals surface area contributed by atoms with Gasteiger partial charge in [0.15, 0.2) is 0 Å². The summed E-state index contributed by atoms with van der Waals surface area (Å²) in [5, 5.41) is 2.83. The standard InChI is InChI=1S/C21H20N2O4/c1-13-4-7-15(8-5-13)23-20(25)17-9-6-14(11-18(17)21(23)26)19(24)22-12-16-3-2-10-27-16/h4-9,11,16H,2-3,10,12H2,1H3,(H,22,24)/t16-/m0/s1. The third-order valence-electron chi connectivity index (χ3n) is 4.96. The summed E-state index contributed by atoms with van der Waals surface area (Å²) in [5.74, 6) is -1.06. The molecule has 0 bridgehead atoms. The van der Waals surface area contributed by atoms with Gasteiger partial charge in [0.2, 0.25) is 0 Å². The van der Waals surface area contributed by atoms with E-state index in [0.29, 0.717) is 23.4 Å². The first-order valence-corrected chi connectivity index (χ1v) is 9.04. The monoisotopic (exact) mass is 364 g/mol. The number of fused-ring (bicyclic) bond motifs is 1. The number of aryl methyl sites for hydroxylation is 1. The Morgan fingerprint density at radius 2 is 1.85 bits per heavy atom. The number of hydrogen-bond donors (Lipinski definition) is 1. The normalized spacial score (nSPS) is 18.7. The van der Waals surface area contributed by atoms with Gasteiger partial charge in [0.25, 0.3) is 17.7 Å². The van der Waals surface area contributed by atoms with Crippen molar-refractivity contribution in [3.8, 4) is 0 Å². The Bertz CT molecular complexity index is 914. The molecule has 1 N–H and O–H groups in total. The Labute approximate surface area is 157 Å². The molecular weight excluding hydrogens is 344 g/mol. The third-order valence-corrected chi connectivity index (χ3v) is 4.96. The molecule has 138 valence electrons. The van der Waals surface area contributed by atoms with E-state index in [4.69, 9.17) is 4.74 Å². The Hall–Kier alpha value is -2.99. The number of carbonyl (C=O) groups excluding carboxylic acids is 3. The van der Waals surface area contributed by atoms with E-state index in [1.165, 1.54) is 6.07 Å². The second-order valence-electron chi connectivity index (χ2n) is 6.89. The van der Waals surface area contributed by atoms with Crippen molar-refractivity contribution in [1.82, 2.24) is 5.32 Å². The summed E-state index contributed by atoms with van der Waals surface area (Å²) < 4.78 is 5.50. The Morgan fingerprint density at radius 3 is 2.56 bits per heavy atom. The van der Waals surface area contributed by atoms with Crippen molar-refractivity contribution in [3.63, 3.8) is 0 Å². The molecule has 4 rings (SSSR count). The number of carbonyl (C=O) groups is 3. The van der Waals surface area contributed by atoms with Gasteiger partial charge in [-0.2, -0.15) is 0 Å². The van der Waals surface area contributed by atoms with Crippen LogP contribution in [0.1, 0.15) is 49.5 Å². The predicted octanol–water partition coefficient (Wildman–Crippen LogP) is 2.70. The minimum atomic E-state index is -0.410. The van der Waals surface area contributed by atoms with E-state index < -0.39 is 5.91 Å². The largest absolute Gasteiger partial charge is 0.376 e. The van der Waals surface area contributed by atoms with Crippen LogP contribution in [0.25, 0.3) is 0 Å². The van der Waals surface area contributed by atoms with Crippen LogP contribution in [0.2, 0.25) is 0 Å². The average Bonchev–Trinajstić information content (AvgIpc) is 3.28. The molecule has 0 unspecified atom stereocenters. The summed E-state index contributed by atoms with van der Waals surface area (Å²) in [4.78, 5) is 39.0. The number of anilines is 1. The Kier molecular flexibility index (Phi) is 4.49. The summed E-state index contributed by atoms with van der Waals surface area (Å²) in [6.07, 6.45) is 1.98. The molecule has 1 atom stereocenters. The highest BCUT2D eigenvalue weighted by Crippen LogP contribution is 2.29. The SMILES string of the molecule is Cc1ccc(N2C(=O)c3ccc(C(=O)NC[C@@H]4CCCO4)cc3C2=O)cc1. The summed E-state index contributed by atoms with van der Waals surface area (Å²) >= 11 is 0. The van der Waals surface area contributed by atoms with Crippen LogP contribution in [0.5, 0.6) is 0 Å². The van der Waals surface area contributed by atoms with Gasteiger partial charge in [-0.3, -0.25) is 14.4 Å². The molecule has 6 heteroatoms. The maximum Gasteiger partial charge on any atom is 0.266 e. The van der Waals surface area contributed by atoms with Gasteiger partial charge in [-0.1, -0.05) is 17.7 Å². The number of hydrogen-bond acceptors (Lipinski definition) is 4. The highest BCUT2D eigenvalue weighted by molar-refractivity contribution is 6.34. The number of imide groups is 1. The van der Waals surface area contributed by atoms with Crippen molar-refractivity contribution < 1.29 is 19.1 Å². The van der Waals surface area contributed by atoms with E-state index in [1.807, 2.05) is 19.1 Å². The minimum Gasteiger partial charge on any atom is -0.376 e. The first kappa shape index (κ1) is 17.4. The van der Waals surface area contributed by atoms with Crippen LogP contribution in [0.15, 0.2) is 42.5 Å². The van der Waals surface area contributed by atoms with Gasteiger partial charge in [-0.25, -0.2) is 4.90 Å². The number of nitrogens with one attached hydrogen (secondary N) is 1. The molecule has 2 aromatic rings. The van der Waals surface area contributed by atoms with E-state index in [1.54, 1.807) is 24.3 Å². The van der Waals surface area contributed by atoms with Gasteiger partial charge in [0, 0.05) is 18.7 Å². The van der Waals surface area contributed by atoms with Crippen molar-refractivity contribution in [3.05, 3.63) is 64.7 Å². The number of rotatable bonds is 4. The maximum atomic E-state index is 12.8. The van der Waals surface area contributed by atoms with Crippen molar-refractivity contribution in [2.24, 2.45) is 0 Å². The molecular formula is C21H20N2O4. The van der Waals surface area contributed by atoms with Crippen molar-refractivity contribution in [2.45, 2.75) is 25.9 Å². The van der Waals surface area contributed by atoms with E-state index in [-0.39, 0.29) is 23.5 Å². The average molecular weight is 364 g/mol. The molecule has 0 aliphatic carbocycles. The van der Waals surface area contributed by atoms with Crippen LogP contribution >= 0.6 is 0 Å². The quantitative estimate of drug-likeness (QED) is 0.847. The third kappa shape index (κ3) is 3.24. The van der Waals surface area contributed by atoms with Gasteiger partial charge < -0.3 is 10.1 Å². The molecule has 0 aromatic heterocycles. The van der Waals surface area contributed by atoms with Gasteiger partial charge in [0.05, 0.1) is 22.9 Å². The van der Waals surface area contributed by atoms with E-state index in [0.717, 1.165) is 29.9 Å². The predicted molar refractivity (Wildman–Crippen MR) is 100 cm³/mol. The number of benzene rings is 2. The van der Waals surface area contributed by atoms with E-state index >= 15 is 0 Å². The highest BCUT2D eigenvalue weighted by atomic mass is 16.5. The molecule has 1 saturated heterocycles. The van der Waals surface area contributed by atoms with Crippen LogP contribution in [0.4, 0.5) is 5.69 Å². The zero-order chi connectivity index (χ0) is 19.0. The lowest BCUT2D eigenvalue weighted by Crippen LogP contribution is -2.31. The van der Waals surface area contributed by atoms with E-state index in [2.05, 4.69) is 5.32 Å². The molecule has 6 nitrogen and oxygen atoms in total. The number of amides is 3. The van der Waals surface area contributed by atoms with Crippen molar-refractivity contribution in [1.29, 1.82) is 0 Å². The van der Waals surface area contributed by atoms with Gasteiger partial charge in [0.1, 0.15) is 0 Å². The second kappa shape index (κ2) is 6.96. The molecule has 0 radical (unpaired) electrons. The van der Waals surface area contributed by atoms with Crippen LogP contribution in [0.3, 0.4) is 0 Å². The molecule has 2 heterocycles. The fourth-order valence-electron chi connectivity index (χ4n) is 3.42. The van der Waals surface area contributed by atoms with Crippen molar-refractivity contribution >= 4 is 23.4 Å². The molecule has 2 aliphatic heterocycles. The van der Waals surface area contributed by atoms with Crippen molar-refractivity contribution in [2.75, 3.05) is 18.1 Å². The fourth-order valence-corrected chi connectivity index (χ4v) is 3.42. The lowest BCUT2D eigenvalue weighted by Gasteiger charge is -2.13. The van der Waals surface area contributed by atoms with E-state index in [9.17, 15) is 14.4 Å². The van der Waals surface area contributed by atoms with Crippen LogP contribution in [-0.4, -0.2) is 37.0 Å². The zero-order valence-corrected chi connectivity index (χ0v) is 15.0. The molecule has 2 aliphatic rings. The summed E-state index contributed by atoms with van der Waals surface area (Å²) in [7, 11) is 0. The number of nitrogens with zero attached hydrogens (tertiary/aromatic N) is 1. The molecule has 1 fully saturated rings. The molecule has 3 amide bonds. The Balaban J connectivity index is 1.54. The van der Waals surface area contributed by atoms with Gasteiger partial charge in [-0.15, -0.1) is 0 Å². The first-order valence-electron chi connectivity index (χ1n) is 9.04. The summed E-state index contributed by atoms with van der Waals surface area (Å²) in [6, 6.07) is 11.8. The zero-order valence-electron chi connectivity index (χ0n) is 15.0. The lowest BCUT2D eigenvalue weighted by atomic mass is 10.1. The smallest absolute Gasteiger partial charge is 0.266 e. The second-order valence-corrected chi connectivity index (χ2v) is 6.89. The molecule has 0 saturated carbocycles. The first-order chi connectivity index (χ1) is 13.0. The molecule has 0 spiro atoms. The number of ether oxygens (including phenoxy) is 1. The minimum absolute atomic E-state index is 0.0450. The summed E-state index contributed by atoms with van der Waals surface area (Å²) in [6.45, 7) is 3.11. The topological polar surface area (TPSA) is 75.7 Å². The fraction of sp³-hybridized carbons (Fsp3) is 0.286. The lowest BCUT2D eigenvalue weighted by molar-refractivity contribution is 0.0857. The van der Waals surface area contributed by atoms with Crippen LogP contribution in [-0.2, 0) is 4.74 Å². The van der Waals surface area contributed by atoms with Gasteiger partial charge >= 0.3 is 0 Å².